The number of nitriles is 1. The first-order chi connectivity index (χ1) is 13.6. The van der Waals surface area contributed by atoms with Crippen LogP contribution in [0.3, 0.4) is 0 Å². The second-order valence-corrected chi connectivity index (χ2v) is 9.39. The van der Waals surface area contributed by atoms with Gasteiger partial charge in [0.05, 0.1) is 25.5 Å². The lowest BCUT2D eigenvalue weighted by atomic mass is 9.95. The summed E-state index contributed by atoms with van der Waals surface area (Å²) in [5, 5.41) is 20.6. The van der Waals surface area contributed by atoms with Crippen LogP contribution in [0, 0.1) is 29.0 Å². The van der Waals surface area contributed by atoms with Crippen LogP contribution in [-0.2, 0) is 11.3 Å². The number of fused-ring (bicyclic) bond motifs is 1. The monoisotopic (exact) mass is 424 g/mol. The molecule has 0 heterocycles. The van der Waals surface area contributed by atoms with Crippen LogP contribution in [0.2, 0.25) is 0 Å². The number of thiol groups is 1. The highest BCUT2D eigenvalue weighted by molar-refractivity contribution is 7.81. The van der Waals surface area contributed by atoms with Crippen molar-refractivity contribution in [3.05, 3.63) is 48.5 Å². The average Bonchev–Trinajstić information content (AvgIpc) is 3.37. The van der Waals surface area contributed by atoms with E-state index in [9.17, 15) is 4.39 Å². The van der Waals surface area contributed by atoms with Crippen LogP contribution in [0.25, 0.3) is 0 Å². The molecule has 0 saturated heterocycles. The third-order valence-corrected chi connectivity index (χ3v) is 4.49. The summed E-state index contributed by atoms with van der Waals surface area (Å²) < 4.78 is 16.9. The molecule has 2 aliphatic rings. The van der Waals surface area contributed by atoms with Gasteiger partial charge in [-0.05, 0) is 62.8 Å². The quantitative estimate of drug-likeness (QED) is 0.465. The molecule has 29 heavy (non-hydrogen) atoms. The highest BCUT2D eigenvalue weighted by Gasteiger charge is 2.57. The van der Waals surface area contributed by atoms with E-state index in [-0.39, 0.29) is 22.7 Å². The summed E-state index contributed by atoms with van der Waals surface area (Å²) in [6, 6.07) is 8.16. The van der Waals surface area contributed by atoms with Crippen LogP contribution in [0.4, 0.5) is 4.39 Å². The Kier molecular flexibility index (Phi) is 12.9. The second kappa shape index (κ2) is 13.6. The van der Waals surface area contributed by atoms with Crippen molar-refractivity contribution in [3.63, 3.8) is 0 Å². The summed E-state index contributed by atoms with van der Waals surface area (Å²) in [4.78, 5) is 0. The Morgan fingerprint density at radius 1 is 1.41 bits per heavy atom. The zero-order chi connectivity index (χ0) is 22.5. The van der Waals surface area contributed by atoms with E-state index in [4.69, 9.17) is 10.4 Å². The highest BCUT2D eigenvalue weighted by Crippen LogP contribution is 2.56. The van der Waals surface area contributed by atoms with Crippen LogP contribution in [-0.4, -0.2) is 29.0 Å². The Morgan fingerprint density at radius 3 is 2.17 bits per heavy atom. The Labute approximate surface area is 181 Å². The molecule has 3 unspecified atom stereocenters. The van der Waals surface area contributed by atoms with E-state index >= 15 is 0 Å². The van der Waals surface area contributed by atoms with Gasteiger partial charge in [-0.3, -0.25) is 0 Å². The number of nitrogens with zero attached hydrogens (tertiary/aromatic N) is 1. The first kappa shape index (κ1) is 27.5. The maximum Gasteiger partial charge on any atom is 0.123 e. The number of hydrogen-bond acceptors (Lipinski definition) is 5. The van der Waals surface area contributed by atoms with E-state index in [1.807, 2.05) is 14.0 Å². The molecule has 1 aromatic rings. The number of benzene rings is 1. The lowest BCUT2D eigenvalue weighted by molar-refractivity contribution is 0.270. The molecule has 0 bridgehead atoms. The van der Waals surface area contributed by atoms with Crippen molar-refractivity contribution in [1.82, 2.24) is 5.32 Å². The van der Waals surface area contributed by atoms with Gasteiger partial charge in [0.1, 0.15) is 11.4 Å². The van der Waals surface area contributed by atoms with E-state index < -0.39 is 0 Å². The van der Waals surface area contributed by atoms with E-state index in [0.717, 1.165) is 24.5 Å². The fourth-order valence-corrected chi connectivity index (χ4v) is 2.98. The molecule has 3 atom stereocenters. The first-order valence-corrected chi connectivity index (χ1v) is 10.4. The second-order valence-electron chi connectivity index (χ2n) is 8.05. The third-order valence-electron chi connectivity index (χ3n) is 4.49. The summed E-state index contributed by atoms with van der Waals surface area (Å²) in [6.07, 6.45) is 5.04. The number of hydrogen-bond donors (Lipinski definition) is 3. The van der Waals surface area contributed by atoms with Gasteiger partial charge in [0.15, 0.2) is 0 Å². The maximum atomic E-state index is 12.1. The molecule has 2 fully saturated rings. The minimum Gasteiger partial charge on any atom is -0.502 e. The summed E-state index contributed by atoms with van der Waals surface area (Å²) in [6.45, 7) is 12.1. The zero-order valence-corrected chi connectivity index (χ0v) is 19.3. The lowest BCUT2D eigenvalue weighted by Crippen LogP contribution is -2.41. The average molecular weight is 425 g/mol. The van der Waals surface area contributed by atoms with Crippen LogP contribution >= 0.6 is 12.6 Å². The molecule has 6 heteroatoms. The largest absolute Gasteiger partial charge is 0.502 e. The van der Waals surface area contributed by atoms with Crippen molar-refractivity contribution in [2.75, 3.05) is 13.7 Å². The standard InChI is InChI=1S/C8H12N2.C7H7FO.C4H8O.C4H10S/c1-10-8(5-9)3-2-6-4-7(6)8;8-7-3-1-6(5-9)2-4-7;1-3-5-4-2;1-4(2,3)5/h6-7,10H,2-4H2,1H3;1-4,9H,5H2;3H,1,4H2,2H3;5H,1-3H3. The van der Waals surface area contributed by atoms with Gasteiger partial charge in [0.25, 0.3) is 0 Å². The molecular weight excluding hydrogens is 387 g/mol. The topological polar surface area (TPSA) is 65.3 Å². The molecule has 3 rings (SSSR count). The van der Waals surface area contributed by atoms with E-state index in [1.54, 1.807) is 12.1 Å². The third kappa shape index (κ3) is 11.9. The van der Waals surface area contributed by atoms with E-state index in [1.165, 1.54) is 31.2 Å². The van der Waals surface area contributed by atoms with Crippen molar-refractivity contribution in [1.29, 1.82) is 5.26 Å². The molecule has 2 aliphatic carbocycles. The Morgan fingerprint density at radius 2 is 1.97 bits per heavy atom. The minimum absolute atomic E-state index is 0.0275. The summed E-state index contributed by atoms with van der Waals surface area (Å²) in [5.41, 5.74) is 0.599. The van der Waals surface area contributed by atoms with Crippen molar-refractivity contribution in [2.45, 2.75) is 63.9 Å². The molecule has 4 nitrogen and oxygen atoms in total. The zero-order valence-electron chi connectivity index (χ0n) is 18.4. The van der Waals surface area contributed by atoms with Gasteiger partial charge < -0.3 is 15.2 Å². The van der Waals surface area contributed by atoms with Crippen LogP contribution in [0.1, 0.15) is 52.5 Å². The number of halogens is 1. The van der Waals surface area contributed by atoms with Crippen LogP contribution in [0.5, 0.6) is 0 Å². The number of nitrogens with one attached hydrogen (secondary N) is 1. The normalized spacial score (nSPS) is 23.4. The summed E-state index contributed by atoms with van der Waals surface area (Å²) in [7, 11) is 1.91. The van der Waals surface area contributed by atoms with Gasteiger partial charge in [-0.1, -0.05) is 39.5 Å². The summed E-state index contributed by atoms with van der Waals surface area (Å²) in [5.74, 6) is 1.29. The molecule has 2 N–H and O–H groups in total. The Balaban J connectivity index is 0.000000381. The van der Waals surface area contributed by atoms with E-state index in [0.29, 0.717) is 5.92 Å². The van der Waals surface area contributed by atoms with Crippen molar-refractivity contribution in [3.8, 4) is 6.07 Å². The van der Waals surface area contributed by atoms with Gasteiger partial charge in [-0.2, -0.15) is 17.9 Å². The number of aliphatic hydroxyl groups excluding tert-OH is 1. The molecule has 0 aromatic heterocycles. The Hall–Kier alpha value is -1.55. The molecule has 0 aliphatic heterocycles. The molecule has 0 amide bonds. The van der Waals surface area contributed by atoms with E-state index in [2.05, 4.69) is 56.1 Å². The van der Waals surface area contributed by atoms with Crippen molar-refractivity contribution in [2.24, 2.45) is 11.8 Å². The molecular formula is C23H37FN2O2S. The predicted octanol–water partition coefficient (Wildman–Crippen LogP) is 5.10. The minimum atomic E-state index is -0.271. The van der Waals surface area contributed by atoms with Gasteiger partial charge in [0, 0.05) is 4.75 Å². The van der Waals surface area contributed by atoms with Crippen LogP contribution in [0.15, 0.2) is 37.1 Å². The lowest BCUT2D eigenvalue weighted by Gasteiger charge is -2.21. The van der Waals surface area contributed by atoms with Gasteiger partial charge in [-0.15, -0.1) is 0 Å². The fourth-order valence-electron chi connectivity index (χ4n) is 2.98. The number of aliphatic hydroxyl groups is 1. The summed E-state index contributed by atoms with van der Waals surface area (Å²) >= 11 is 4.12. The molecule has 2 saturated carbocycles. The van der Waals surface area contributed by atoms with Crippen molar-refractivity contribution < 1.29 is 14.2 Å². The molecule has 1 aromatic carbocycles. The number of ether oxygens (including phenoxy) is 1. The molecule has 0 radical (unpaired) electrons. The Bertz CT molecular complexity index is 619. The van der Waals surface area contributed by atoms with Crippen molar-refractivity contribution >= 4 is 12.6 Å². The SMILES string of the molecule is C=COCC.CC(C)(C)S.CNC1(C#N)CCC2CC21.OCc1ccc(F)cc1. The smallest absolute Gasteiger partial charge is 0.123 e. The first-order valence-electron chi connectivity index (χ1n) is 9.97. The fraction of sp³-hybridized carbons (Fsp3) is 0.609. The molecule has 0 spiro atoms. The maximum absolute atomic E-state index is 12.1. The van der Waals surface area contributed by atoms with Gasteiger partial charge >= 0.3 is 0 Å². The van der Waals surface area contributed by atoms with Gasteiger partial charge in [0.2, 0.25) is 0 Å². The van der Waals surface area contributed by atoms with Crippen LogP contribution < -0.4 is 5.32 Å². The predicted molar refractivity (Wildman–Crippen MR) is 121 cm³/mol. The van der Waals surface area contributed by atoms with Gasteiger partial charge in [-0.25, -0.2) is 4.39 Å². The highest BCUT2D eigenvalue weighted by atomic mass is 32.1. The number of rotatable bonds is 4. The molecule has 164 valence electrons.